The minimum Gasteiger partial charge on any atom is -0.366 e. The number of nitrogens with one attached hydrogen (secondary N) is 2. The number of hydrogen-bond acceptors (Lipinski definition) is 5. The van der Waals surface area contributed by atoms with Gasteiger partial charge in [-0.3, -0.25) is 0 Å². The van der Waals surface area contributed by atoms with Crippen LogP contribution in [0.25, 0.3) is 0 Å². The molecule has 1 atom stereocenters. The Kier molecular flexibility index (Phi) is 4.95. The van der Waals surface area contributed by atoms with Crippen LogP contribution in [0.2, 0.25) is 0 Å². The number of pyridine rings is 1. The molecular formula is C13H22N4O2S. The second-order valence-corrected chi connectivity index (χ2v) is 7.36. The van der Waals surface area contributed by atoms with E-state index in [0.29, 0.717) is 6.04 Å². The van der Waals surface area contributed by atoms with Crippen LogP contribution in [0.3, 0.4) is 0 Å². The molecule has 1 aromatic heterocycles. The molecule has 1 unspecified atom stereocenters. The van der Waals surface area contributed by atoms with Crippen molar-refractivity contribution in [3.8, 4) is 0 Å². The molecule has 0 saturated carbocycles. The van der Waals surface area contributed by atoms with Gasteiger partial charge in [0.1, 0.15) is 10.7 Å². The van der Waals surface area contributed by atoms with Gasteiger partial charge in [-0.1, -0.05) is 6.42 Å². The van der Waals surface area contributed by atoms with Crippen LogP contribution in [-0.4, -0.2) is 50.9 Å². The molecule has 7 heteroatoms. The predicted molar refractivity (Wildman–Crippen MR) is 79.2 cm³/mol. The van der Waals surface area contributed by atoms with Crippen molar-refractivity contribution in [2.75, 3.05) is 32.5 Å². The highest BCUT2D eigenvalue weighted by Crippen LogP contribution is 2.15. The van der Waals surface area contributed by atoms with Gasteiger partial charge in [-0.25, -0.2) is 17.7 Å². The van der Waals surface area contributed by atoms with E-state index in [2.05, 4.69) is 15.6 Å². The first-order valence-corrected chi connectivity index (χ1v) is 8.30. The highest BCUT2D eigenvalue weighted by Gasteiger charge is 2.18. The maximum Gasteiger partial charge on any atom is 0.244 e. The van der Waals surface area contributed by atoms with Gasteiger partial charge in [-0.05, 0) is 31.5 Å². The van der Waals surface area contributed by atoms with Crippen LogP contribution in [0.5, 0.6) is 0 Å². The van der Waals surface area contributed by atoms with Gasteiger partial charge in [0.2, 0.25) is 10.0 Å². The fourth-order valence-corrected chi connectivity index (χ4v) is 3.03. The number of hydrogen-bond donors (Lipinski definition) is 2. The number of sulfonamides is 1. The molecule has 20 heavy (non-hydrogen) atoms. The lowest BCUT2D eigenvalue weighted by Crippen LogP contribution is -2.31. The van der Waals surface area contributed by atoms with Crippen LogP contribution in [0, 0.1) is 0 Å². The summed E-state index contributed by atoms with van der Waals surface area (Å²) in [5.41, 5.74) is 0. The Hall–Kier alpha value is -1.18. The maximum absolute atomic E-state index is 11.9. The number of anilines is 1. The largest absolute Gasteiger partial charge is 0.366 e. The Labute approximate surface area is 120 Å². The van der Waals surface area contributed by atoms with E-state index in [4.69, 9.17) is 0 Å². The summed E-state index contributed by atoms with van der Waals surface area (Å²) in [5, 5.41) is 6.72. The van der Waals surface area contributed by atoms with E-state index in [9.17, 15) is 8.42 Å². The first-order chi connectivity index (χ1) is 9.50. The van der Waals surface area contributed by atoms with Gasteiger partial charge in [0, 0.05) is 32.9 Å². The second kappa shape index (κ2) is 6.51. The average Bonchev–Trinajstić information content (AvgIpc) is 2.68. The maximum atomic E-state index is 11.9. The van der Waals surface area contributed by atoms with Crippen LogP contribution in [-0.2, 0) is 10.0 Å². The summed E-state index contributed by atoms with van der Waals surface area (Å²) in [5.74, 6) is 0.719. The van der Waals surface area contributed by atoms with Crippen molar-refractivity contribution in [3.05, 3.63) is 18.3 Å². The summed E-state index contributed by atoms with van der Waals surface area (Å²) in [6.07, 6.45) is 4.90. The minimum absolute atomic E-state index is 0.215. The van der Waals surface area contributed by atoms with Crippen molar-refractivity contribution >= 4 is 15.8 Å². The minimum atomic E-state index is -3.40. The van der Waals surface area contributed by atoms with E-state index >= 15 is 0 Å². The Morgan fingerprint density at radius 1 is 1.35 bits per heavy atom. The van der Waals surface area contributed by atoms with E-state index < -0.39 is 10.0 Å². The second-order valence-electron chi connectivity index (χ2n) is 5.21. The SMILES string of the molecule is CN(C)S(=O)(=O)c1ccc(NC2CCCCNC2)nc1. The van der Waals surface area contributed by atoms with Gasteiger partial charge in [0.05, 0.1) is 0 Å². The summed E-state index contributed by atoms with van der Waals surface area (Å²) < 4.78 is 25.1. The normalized spacial score (nSPS) is 20.6. The van der Waals surface area contributed by atoms with E-state index in [1.54, 1.807) is 12.1 Å². The number of nitrogens with zero attached hydrogens (tertiary/aromatic N) is 2. The summed E-state index contributed by atoms with van der Waals surface area (Å²) in [6.45, 7) is 1.98. The van der Waals surface area contributed by atoms with Gasteiger partial charge < -0.3 is 10.6 Å². The highest BCUT2D eigenvalue weighted by atomic mass is 32.2. The number of aromatic nitrogens is 1. The Morgan fingerprint density at radius 2 is 2.15 bits per heavy atom. The quantitative estimate of drug-likeness (QED) is 0.863. The van der Waals surface area contributed by atoms with Gasteiger partial charge in [0.25, 0.3) is 0 Å². The highest BCUT2D eigenvalue weighted by molar-refractivity contribution is 7.89. The van der Waals surface area contributed by atoms with Crippen LogP contribution in [0.4, 0.5) is 5.82 Å². The molecule has 0 radical (unpaired) electrons. The zero-order valence-electron chi connectivity index (χ0n) is 12.0. The van der Waals surface area contributed by atoms with Gasteiger partial charge in [-0.2, -0.15) is 0 Å². The zero-order valence-corrected chi connectivity index (χ0v) is 12.8. The Balaban J connectivity index is 2.05. The van der Waals surface area contributed by atoms with Crippen molar-refractivity contribution in [1.82, 2.24) is 14.6 Å². The Bertz CT molecular complexity index is 520. The summed E-state index contributed by atoms with van der Waals surface area (Å²) in [6, 6.07) is 3.66. The molecule has 0 aliphatic carbocycles. The lowest BCUT2D eigenvalue weighted by molar-refractivity contribution is 0.520. The predicted octanol–water partition coefficient (Wildman–Crippen LogP) is 0.886. The molecule has 1 aromatic rings. The average molecular weight is 298 g/mol. The van der Waals surface area contributed by atoms with Crippen LogP contribution in [0.1, 0.15) is 19.3 Å². The van der Waals surface area contributed by atoms with Gasteiger partial charge in [0.15, 0.2) is 0 Å². The third-order valence-corrected chi connectivity index (χ3v) is 5.21. The summed E-state index contributed by atoms with van der Waals surface area (Å²) in [4.78, 5) is 4.42. The molecule has 2 N–H and O–H groups in total. The van der Waals surface area contributed by atoms with Gasteiger partial charge >= 0.3 is 0 Å². The molecule has 1 aliphatic heterocycles. The topological polar surface area (TPSA) is 74.3 Å². The molecule has 2 heterocycles. The van der Waals surface area contributed by atoms with Crippen LogP contribution < -0.4 is 10.6 Å². The van der Waals surface area contributed by atoms with E-state index in [1.807, 2.05) is 0 Å². The fourth-order valence-electron chi connectivity index (χ4n) is 2.18. The molecule has 1 saturated heterocycles. The van der Waals surface area contributed by atoms with E-state index in [-0.39, 0.29) is 4.90 Å². The summed E-state index contributed by atoms with van der Waals surface area (Å²) >= 11 is 0. The third kappa shape index (κ3) is 3.68. The fraction of sp³-hybridized carbons (Fsp3) is 0.615. The van der Waals surface area contributed by atoms with Crippen molar-refractivity contribution in [2.45, 2.75) is 30.2 Å². The smallest absolute Gasteiger partial charge is 0.244 e. The van der Waals surface area contributed by atoms with Crippen molar-refractivity contribution in [2.24, 2.45) is 0 Å². The van der Waals surface area contributed by atoms with Crippen molar-refractivity contribution < 1.29 is 8.42 Å². The molecule has 0 amide bonds. The van der Waals surface area contributed by atoms with E-state index in [1.165, 1.54) is 37.4 Å². The lowest BCUT2D eigenvalue weighted by atomic mass is 10.1. The molecule has 0 bridgehead atoms. The van der Waals surface area contributed by atoms with Gasteiger partial charge in [-0.15, -0.1) is 0 Å². The Morgan fingerprint density at radius 3 is 2.80 bits per heavy atom. The first-order valence-electron chi connectivity index (χ1n) is 6.86. The molecular weight excluding hydrogens is 276 g/mol. The molecule has 2 rings (SSSR count). The summed E-state index contributed by atoms with van der Waals surface area (Å²) in [7, 11) is -0.377. The molecule has 0 aromatic carbocycles. The molecule has 1 fully saturated rings. The molecule has 1 aliphatic rings. The van der Waals surface area contributed by atoms with E-state index in [0.717, 1.165) is 25.3 Å². The molecule has 6 nitrogen and oxygen atoms in total. The monoisotopic (exact) mass is 298 g/mol. The third-order valence-electron chi connectivity index (χ3n) is 3.41. The van der Waals surface area contributed by atoms with Crippen molar-refractivity contribution in [1.29, 1.82) is 0 Å². The first kappa shape index (κ1) is 15.2. The van der Waals surface area contributed by atoms with Crippen LogP contribution >= 0.6 is 0 Å². The number of rotatable bonds is 4. The standard InChI is InChI=1S/C13H22N4O2S/c1-17(2)20(18,19)12-6-7-13(15-10-12)16-11-5-3-4-8-14-9-11/h6-7,10-11,14H,3-5,8-9H2,1-2H3,(H,15,16). The van der Waals surface area contributed by atoms with Crippen LogP contribution in [0.15, 0.2) is 23.2 Å². The molecule has 0 spiro atoms. The molecule has 112 valence electrons. The van der Waals surface area contributed by atoms with Crippen molar-refractivity contribution in [3.63, 3.8) is 0 Å². The lowest BCUT2D eigenvalue weighted by Gasteiger charge is -2.17. The zero-order chi connectivity index (χ0) is 14.6.